The second kappa shape index (κ2) is 11.3. The van der Waals surface area contributed by atoms with Crippen molar-refractivity contribution in [2.24, 2.45) is 0 Å². The number of benzene rings is 2. The number of amides is 1. The number of piperidine rings is 1. The third kappa shape index (κ3) is 6.70. The van der Waals surface area contributed by atoms with Gasteiger partial charge < -0.3 is 4.90 Å². The molecule has 1 aliphatic heterocycles. The predicted octanol–water partition coefficient (Wildman–Crippen LogP) is 6.94. The van der Waals surface area contributed by atoms with Crippen LogP contribution in [0.2, 0.25) is 20.1 Å². The number of carbonyl (C=O) groups is 3. The van der Waals surface area contributed by atoms with Gasteiger partial charge in [0.25, 0.3) is 0 Å². The lowest BCUT2D eigenvalue weighted by atomic mass is 9.94. The lowest BCUT2D eigenvalue weighted by Crippen LogP contribution is -2.41. The Balaban J connectivity index is 1.96. The highest BCUT2D eigenvalue weighted by atomic mass is 35.5. The van der Waals surface area contributed by atoms with Crippen molar-refractivity contribution in [1.82, 2.24) is 4.90 Å². The first kappa shape index (κ1) is 25.5. The second-order valence-corrected chi connectivity index (χ2v) is 9.29. The van der Waals surface area contributed by atoms with Crippen molar-refractivity contribution < 1.29 is 14.4 Å². The molecule has 1 saturated heterocycles. The van der Waals surface area contributed by atoms with Crippen LogP contribution >= 0.6 is 46.4 Å². The standard InChI is InChI=1S/C25H21Cl4NO3/c1-2-19(31)5-8-24(32)30-13-17(9-15-3-6-20(26)22(28)11-15)25(33)18(14-30)10-16-4-7-21(27)23(29)12-16/h3-4,6-7,9-12H,2,5,8,13-14H2,1H3/b17-9+,18-10+. The zero-order valence-electron chi connectivity index (χ0n) is 17.8. The number of Topliss-reactive ketones (excluding diaryl/α,β-unsaturated/α-hetero) is 2. The zero-order chi connectivity index (χ0) is 24.1. The van der Waals surface area contributed by atoms with E-state index >= 15 is 0 Å². The summed E-state index contributed by atoms with van der Waals surface area (Å²) in [6, 6.07) is 10.1. The Morgan fingerprint density at radius 1 is 0.818 bits per heavy atom. The molecule has 0 aromatic heterocycles. The molecule has 0 saturated carbocycles. The van der Waals surface area contributed by atoms with E-state index in [0.29, 0.717) is 48.8 Å². The highest BCUT2D eigenvalue weighted by Gasteiger charge is 2.29. The van der Waals surface area contributed by atoms with E-state index in [-0.39, 0.29) is 43.4 Å². The summed E-state index contributed by atoms with van der Waals surface area (Å²) in [5.74, 6) is -0.347. The number of nitrogens with zero attached hydrogens (tertiary/aromatic N) is 1. The molecule has 172 valence electrons. The van der Waals surface area contributed by atoms with Crippen LogP contribution < -0.4 is 0 Å². The Hall–Kier alpha value is -2.11. The van der Waals surface area contributed by atoms with Crippen LogP contribution in [0.4, 0.5) is 0 Å². The van der Waals surface area contributed by atoms with Gasteiger partial charge in [-0.3, -0.25) is 14.4 Å². The van der Waals surface area contributed by atoms with Gasteiger partial charge in [-0.15, -0.1) is 0 Å². The van der Waals surface area contributed by atoms with E-state index < -0.39 is 0 Å². The van der Waals surface area contributed by atoms with Crippen LogP contribution in [0.15, 0.2) is 47.5 Å². The number of hydrogen-bond donors (Lipinski definition) is 0. The zero-order valence-corrected chi connectivity index (χ0v) is 20.9. The van der Waals surface area contributed by atoms with Crippen LogP contribution in [-0.2, 0) is 14.4 Å². The molecule has 3 rings (SSSR count). The maximum absolute atomic E-state index is 13.3. The fourth-order valence-corrected chi connectivity index (χ4v) is 4.02. The van der Waals surface area contributed by atoms with Gasteiger partial charge in [-0.05, 0) is 47.5 Å². The second-order valence-electron chi connectivity index (χ2n) is 7.66. The average molecular weight is 525 g/mol. The predicted molar refractivity (Wildman–Crippen MR) is 135 cm³/mol. The topological polar surface area (TPSA) is 54.5 Å². The summed E-state index contributed by atoms with van der Waals surface area (Å²) in [6.45, 7) is 2.04. The average Bonchev–Trinajstić information content (AvgIpc) is 2.79. The van der Waals surface area contributed by atoms with Gasteiger partial charge in [0.1, 0.15) is 5.78 Å². The van der Waals surface area contributed by atoms with E-state index in [9.17, 15) is 14.4 Å². The van der Waals surface area contributed by atoms with Gasteiger partial charge in [0.2, 0.25) is 5.91 Å². The van der Waals surface area contributed by atoms with Crippen molar-refractivity contribution >= 4 is 76.0 Å². The normalized spacial score (nSPS) is 16.5. The molecule has 1 amide bonds. The van der Waals surface area contributed by atoms with Crippen LogP contribution in [0.25, 0.3) is 12.2 Å². The molecule has 0 aliphatic carbocycles. The van der Waals surface area contributed by atoms with Crippen molar-refractivity contribution in [2.45, 2.75) is 26.2 Å². The SMILES string of the molecule is CCC(=O)CCC(=O)N1C/C(=C\c2ccc(Cl)c(Cl)c2)C(=O)/C(=C/c2ccc(Cl)c(Cl)c2)C1. The summed E-state index contributed by atoms with van der Waals surface area (Å²) >= 11 is 24.2. The van der Waals surface area contributed by atoms with Crippen LogP contribution in [0.5, 0.6) is 0 Å². The summed E-state index contributed by atoms with van der Waals surface area (Å²) in [4.78, 5) is 39.4. The Kier molecular flexibility index (Phi) is 8.77. The maximum atomic E-state index is 13.3. The molecule has 0 bridgehead atoms. The lowest BCUT2D eigenvalue weighted by molar-refractivity contribution is -0.133. The smallest absolute Gasteiger partial charge is 0.223 e. The summed E-state index contributed by atoms with van der Waals surface area (Å²) in [5.41, 5.74) is 2.25. The van der Waals surface area contributed by atoms with Gasteiger partial charge in [-0.1, -0.05) is 65.5 Å². The van der Waals surface area contributed by atoms with Crippen LogP contribution in [-0.4, -0.2) is 35.5 Å². The van der Waals surface area contributed by atoms with Crippen molar-refractivity contribution in [3.05, 3.63) is 78.8 Å². The Bertz CT molecular complexity index is 1100. The van der Waals surface area contributed by atoms with E-state index in [1.165, 1.54) is 0 Å². The molecular formula is C25H21Cl4NO3. The summed E-state index contributed by atoms with van der Waals surface area (Å²) in [5, 5.41) is 1.55. The maximum Gasteiger partial charge on any atom is 0.223 e. The van der Waals surface area contributed by atoms with Gasteiger partial charge in [-0.2, -0.15) is 0 Å². The fourth-order valence-electron chi connectivity index (χ4n) is 3.40. The Morgan fingerprint density at radius 3 is 1.73 bits per heavy atom. The first-order valence-electron chi connectivity index (χ1n) is 10.3. The number of ketones is 2. The van der Waals surface area contributed by atoms with Crippen LogP contribution in [0, 0.1) is 0 Å². The van der Waals surface area contributed by atoms with Crippen LogP contribution in [0.3, 0.4) is 0 Å². The first-order chi connectivity index (χ1) is 15.7. The third-order valence-electron chi connectivity index (χ3n) is 5.24. The quantitative estimate of drug-likeness (QED) is 0.384. The number of carbonyl (C=O) groups excluding carboxylic acids is 3. The Morgan fingerprint density at radius 2 is 1.30 bits per heavy atom. The van der Waals surface area contributed by atoms with E-state index in [1.807, 2.05) is 0 Å². The van der Waals surface area contributed by atoms with Crippen molar-refractivity contribution in [1.29, 1.82) is 0 Å². The van der Waals surface area contributed by atoms with E-state index in [0.717, 1.165) is 0 Å². The first-order valence-corrected chi connectivity index (χ1v) is 11.8. The number of rotatable bonds is 6. The number of halogens is 4. The van der Waals surface area contributed by atoms with Gasteiger partial charge in [0.15, 0.2) is 5.78 Å². The number of hydrogen-bond acceptors (Lipinski definition) is 3. The molecule has 1 aliphatic rings. The minimum absolute atomic E-state index is 0.0228. The summed E-state index contributed by atoms with van der Waals surface area (Å²) < 4.78 is 0. The highest BCUT2D eigenvalue weighted by molar-refractivity contribution is 6.42. The molecule has 8 heteroatoms. The fraction of sp³-hybridized carbons (Fsp3) is 0.240. The molecule has 2 aromatic rings. The van der Waals surface area contributed by atoms with Gasteiger partial charge in [-0.25, -0.2) is 0 Å². The lowest BCUT2D eigenvalue weighted by Gasteiger charge is -2.30. The number of likely N-dealkylation sites (tertiary alicyclic amines) is 1. The molecule has 0 N–H and O–H groups in total. The third-order valence-corrected chi connectivity index (χ3v) is 6.72. The molecule has 0 radical (unpaired) electrons. The van der Waals surface area contributed by atoms with E-state index in [2.05, 4.69) is 0 Å². The summed E-state index contributed by atoms with van der Waals surface area (Å²) in [7, 11) is 0. The highest BCUT2D eigenvalue weighted by Crippen LogP contribution is 2.28. The molecule has 4 nitrogen and oxygen atoms in total. The van der Waals surface area contributed by atoms with Crippen molar-refractivity contribution in [3.63, 3.8) is 0 Å². The molecular weight excluding hydrogens is 504 g/mol. The van der Waals surface area contributed by atoms with Gasteiger partial charge in [0.05, 0.1) is 20.1 Å². The molecule has 0 atom stereocenters. The molecule has 2 aromatic carbocycles. The van der Waals surface area contributed by atoms with Crippen LogP contribution in [0.1, 0.15) is 37.3 Å². The van der Waals surface area contributed by atoms with Crippen molar-refractivity contribution in [3.8, 4) is 0 Å². The molecule has 1 heterocycles. The summed E-state index contributed by atoms with van der Waals surface area (Å²) in [6.07, 6.45) is 4.06. The van der Waals surface area contributed by atoms with E-state index in [1.54, 1.807) is 60.4 Å². The van der Waals surface area contributed by atoms with Gasteiger partial charge >= 0.3 is 0 Å². The van der Waals surface area contributed by atoms with E-state index in [4.69, 9.17) is 46.4 Å². The monoisotopic (exact) mass is 523 g/mol. The van der Waals surface area contributed by atoms with Crippen molar-refractivity contribution in [2.75, 3.05) is 13.1 Å². The Labute approximate surface area is 212 Å². The largest absolute Gasteiger partial charge is 0.334 e. The minimum atomic E-state index is -0.190. The molecule has 0 unspecified atom stereocenters. The minimum Gasteiger partial charge on any atom is -0.334 e. The molecule has 0 spiro atoms. The van der Waals surface area contributed by atoms with Gasteiger partial charge in [0, 0.05) is 43.5 Å². The molecule has 1 fully saturated rings. The molecule has 33 heavy (non-hydrogen) atoms.